The molecule has 0 aliphatic carbocycles. The van der Waals surface area contributed by atoms with Crippen LogP contribution in [-0.4, -0.2) is 31.7 Å². The summed E-state index contributed by atoms with van der Waals surface area (Å²) in [6, 6.07) is 6.23. The van der Waals surface area contributed by atoms with Crippen molar-refractivity contribution in [1.29, 1.82) is 0 Å². The quantitative estimate of drug-likeness (QED) is 0.604. The van der Waals surface area contributed by atoms with E-state index in [1.807, 2.05) is 42.9 Å². The lowest BCUT2D eigenvalue weighted by Crippen LogP contribution is -2.19. The summed E-state index contributed by atoms with van der Waals surface area (Å²) in [4.78, 5) is 7.73. The molecule has 3 heterocycles. The highest BCUT2D eigenvalue weighted by atomic mass is 32.2. The molecule has 0 aliphatic rings. The highest BCUT2D eigenvalue weighted by molar-refractivity contribution is 7.98. The maximum Gasteiger partial charge on any atom is 0.191 e. The van der Waals surface area contributed by atoms with Gasteiger partial charge in [-0.2, -0.15) is 0 Å². The summed E-state index contributed by atoms with van der Waals surface area (Å²) in [6.07, 6.45) is 3.64. The Hall–Kier alpha value is -1.70. The number of hydrogen-bond acceptors (Lipinski definition) is 6. The van der Waals surface area contributed by atoms with E-state index in [9.17, 15) is 0 Å². The highest BCUT2D eigenvalue weighted by Gasteiger charge is 2.12. The van der Waals surface area contributed by atoms with Gasteiger partial charge in [0.15, 0.2) is 5.16 Å². The Morgan fingerprint density at radius 2 is 1.96 bits per heavy atom. The molecule has 0 saturated heterocycles. The van der Waals surface area contributed by atoms with Crippen molar-refractivity contribution in [3.8, 4) is 0 Å². The van der Waals surface area contributed by atoms with Gasteiger partial charge in [0.25, 0.3) is 0 Å². The van der Waals surface area contributed by atoms with E-state index >= 15 is 0 Å². The Bertz CT molecular complexity index is 781. The van der Waals surface area contributed by atoms with Gasteiger partial charge >= 0.3 is 0 Å². The first-order chi connectivity index (χ1) is 11.6. The second-order valence-corrected chi connectivity index (χ2v) is 7.74. The largest absolute Gasteiger partial charge is 0.308 e. The van der Waals surface area contributed by atoms with Crippen LogP contribution < -0.4 is 0 Å². The number of nitrogens with zero attached hydrogens (tertiary/aromatic N) is 5. The van der Waals surface area contributed by atoms with Crippen LogP contribution in [0.3, 0.4) is 0 Å². The zero-order chi connectivity index (χ0) is 16.9. The third-order valence-corrected chi connectivity index (χ3v) is 5.93. The fraction of sp³-hybridized carbons (Fsp3) is 0.353. The van der Waals surface area contributed by atoms with Crippen molar-refractivity contribution >= 4 is 23.1 Å². The molecule has 0 bridgehead atoms. The lowest BCUT2D eigenvalue weighted by atomic mass is 10.3. The summed E-state index contributed by atoms with van der Waals surface area (Å²) in [6.45, 7) is 3.89. The van der Waals surface area contributed by atoms with E-state index in [-0.39, 0.29) is 0 Å². The van der Waals surface area contributed by atoms with Gasteiger partial charge in [0.2, 0.25) is 0 Å². The SMILES string of the molecule is Cc1ccsc1CN(C)Cc1nnc(SCc2ccncc2)n1C. The van der Waals surface area contributed by atoms with Gasteiger partial charge in [-0.3, -0.25) is 9.88 Å². The number of aromatic nitrogens is 4. The summed E-state index contributed by atoms with van der Waals surface area (Å²) in [5.41, 5.74) is 2.60. The van der Waals surface area contributed by atoms with Gasteiger partial charge in [0.05, 0.1) is 6.54 Å². The molecule has 0 atom stereocenters. The average Bonchev–Trinajstić information content (AvgIpc) is 3.13. The van der Waals surface area contributed by atoms with Crippen LogP contribution in [0, 0.1) is 6.92 Å². The molecule has 0 unspecified atom stereocenters. The fourth-order valence-corrected chi connectivity index (χ4v) is 4.21. The standard InChI is InChI=1S/C17H21N5S2/c1-13-6-9-23-15(13)10-21(2)11-16-19-20-17(22(16)3)24-12-14-4-7-18-8-5-14/h4-9H,10-12H2,1-3H3. The lowest BCUT2D eigenvalue weighted by molar-refractivity contribution is 0.308. The zero-order valence-electron chi connectivity index (χ0n) is 14.1. The van der Waals surface area contributed by atoms with E-state index in [0.29, 0.717) is 0 Å². The molecule has 0 aliphatic heterocycles. The van der Waals surface area contributed by atoms with Gasteiger partial charge in [-0.05, 0) is 48.7 Å². The van der Waals surface area contributed by atoms with Crippen molar-refractivity contribution < 1.29 is 0 Å². The molecule has 7 heteroatoms. The first kappa shape index (κ1) is 17.1. The molecule has 126 valence electrons. The van der Waals surface area contributed by atoms with Crippen LogP contribution in [0.4, 0.5) is 0 Å². The van der Waals surface area contributed by atoms with Gasteiger partial charge in [0.1, 0.15) is 5.82 Å². The molecule has 5 nitrogen and oxygen atoms in total. The highest BCUT2D eigenvalue weighted by Crippen LogP contribution is 2.22. The van der Waals surface area contributed by atoms with Gasteiger partial charge in [-0.15, -0.1) is 21.5 Å². The van der Waals surface area contributed by atoms with Gasteiger partial charge in [0, 0.05) is 36.6 Å². The van der Waals surface area contributed by atoms with Crippen molar-refractivity contribution in [3.63, 3.8) is 0 Å². The van der Waals surface area contributed by atoms with Crippen molar-refractivity contribution in [3.05, 3.63) is 57.8 Å². The van der Waals surface area contributed by atoms with E-state index in [4.69, 9.17) is 0 Å². The van der Waals surface area contributed by atoms with Crippen molar-refractivity contribution in [1.82, 2.24) is 24.6 Å². The lowest BCUT2D eigenvalue weighted by Gasteiger charge is -2.15. The molecule has 3 rings (SSSR count). The molecule has 0 fully saturated rings. The summed E-state index contributed by atoms with van der Waals surface area (Å²) < 4.78 is 2.09. The number of thioether (sulfide) groups is 1. The topological polar surface area (TPSA) is 46.8 Å². The Morgan fingerprint density at radius 1 is 1.17 bits per heavy atom. The number of rotatable bonds is 7. The van der Waals surface area contributed by atoms with Crippen LogP contribution in [-0.2, 0) is 25.9 Å². The van der Waals surface area contributed by atoms with Crippen LogP contribution in [0.15, 0.2) is 41.1 Å². The minimum atomic E-state index is 0.788. The molecule has 0 amide bonds. The summed E-state index contributed by atoms with van der Waals surface area (Å²) in [5.74, 6) is 1.86. The molecule has 0 spiro atoms. The monoisotopic (exact) mass is 359 g/mol. The number of pyridine rings is 1. The van der Waals surface area contributed by atoms with Crippen molar-refractivity contribution in [2.75, 3.05) is 7.05 Å². The molecule has 0 saturated carbocycles. The summed E-state index contributed by atoms with van der Waals surface area (Å²) in [7, 11) is 4.16. The fourth-order valence-electron chi connectivity index (χ4n) is 2.34. The van der Waals surface area contributed by atoms with Crippen LogP contribution in [0.5, 0.6) is 0 Å². The predicted molar refractivity (Wildman–Crippen MR) is 99.0 cm³/mol. The Labute approximate surface area is 150 Å². The second-order valence-electron chi connectivity index (χ2n) is 5.80. The third kappa shape index (κ3) is 4.23. The van der Waals surface area contributed by atoms with E-state index in [1.165, 1.54) is 16.0 Å². The third-order valence-electron chi connectivity index (χ3n) is 3.84. The minimum absolute atomic E-state index is 0.788. The normalized spacial score (nSPS) is 11.3. The Morgan fingerprint density at radius 3 is 2.67 bits per heavy atom. The molecule has 0 radical (unpaired) electrons. The van der Waals surface area contributed by atoms with Gasteiger partial charge in [-0.1, -0.05) is 11.8 Å². The Kier molecular flexibility index (Phi) is 5.65. The molecule has 0 aromatic carbocycles. The molecule has 0 N–H and O–H groups in total. The zero-order valence-corrected chi connectivity index (χ0v) is 15.8. The molecular weight excluding hydrogens is 338 g/mol. The first-order valence-corrected chi connectivity index (χ1v) is 9.61. The Balaban J connectivity index is 1.59. The van der Waals surface area contributed by atoms with Crippen LogP contribution in [0.25, 0.3) is 0 Å². The second kappa shape index (κ2) is 7.92. The van der Waals surface area contributed by atoms with Crippen LogP contribution >= 0.6 is 23.1 Å². The molecule has 3 aromatic rings. The van der Waals surface area contributed by atoms with E-state index in [1.54, 1.807) is 11.8 Å². The van der Waals surface area contributed by atoms with Crippen LogP contribution in [0.2, 0.25) is 0 Å². The maximum atomic E-state index is 4.36. The minimum Gasteiger partial charge on any atom is -0.308 e. The van der Waals surface area contributed by atoms with E-state index < -0.39 is 0 Å². The number of aryl methyl sites for hydroxylation is 1. The summed E-state index contributed by atoms with van der Waals surface area (Å²) >= 11 is 3.51. The number of hydrogen-bond donors (Lipinski definition) is 0. The van der Waals surface area contributed by atoms with Crippen molar-refractivity contribution in [2.45, 2.75) is 30.9 Å². The summed E-state index contributed by atoms with van der Waals surface area (Å²) in [5, 5.41) is 11.8. The predicted octanol–water partition coefficient (Wildman–Crippen LogP) is 3.50. The van der Waals surface area contributed by atoms with Gasteiger partial charge < -0.3 is 4.57 Å². The van der Waals surface area contributed by atoms with E-state index in [0.717, 1.165) is 29.8 Å². The van der Waals surface area contributed by atoms with E-state index in [2.05, 4.69) is 50.1 Å². The molecule has 24 heavy (non-hydrogen) atoms. The average molecular weight is 360 g/mol. The number of thiophene rings is 1. The van der Waals surface area contributed by atoms with Gasteiger partial charge in [-0.25, -0.2) is 0 Å². The van der Waals surface area contributed by atoms with Crippen LogP contribution in [0.1, 0.15) is 21.8 Å². The first-order valence-electron chi connectivity index (χ1n) is 7.75. The molecular formula is C17H21N5S2. The maximum absolute atomic E-state index is 4.36. The van der Waals surface area contributed by atoms with Crippen molar-refractivity contribution in [2.24, 2.45) is 7.05 Å². The smallest absolute Gasteiger partial charge is 0.191 e. The molecule has 3 aromatic heterocycles.